The smallest absolute Gasteiger partial charge is 0.179 e. The molecule has 0 aliphatic heterocycles. The van der Waals surface area contributed by atoms with E-state index in [1.807, 2.05) is 12.4 Å². The summed E-state index contributed by atoms with van der Waals surface area (Å²) in [6.45, 7) is 1.90. The number of nitrogens with one attached hydrogen (secondary N) is 2. The first kappa shape index (κ1) is 6.94. The van der Waals surface area contributed by atoms with Crippen LogP contribution >= 0.6 is 0 Å². The van der Waals surface area contributed by atoms with Crippen LogP contribution < -0.4 is 10.7 Å². The second kappa shape index (κ2) is 4.11. The number of hydrogen-bond donors (Lipinski definition) is 3. The number of rotatable bonds is 3. The molecule has 3 N–H and O–H groups in total. The molecule has 0 saturated heterocycles. The van der Waals surface area contributed by atoms with Crippen LogP contribution in [-0.2, 0) is 0 Å². The fraction of sp³-hybridized carbons (Fsp3) is 1.00. The lowest BCUT2D eigenvalue weighted by Crippen LogP contribution is -2.38. The van der Waals surface area contributed by atoms with Crippen LogP contribution in [0, 0.1) is 0 Å². The van der Waals surface area contributed by atoms with Gasteiger partial charge in [0, 0.05) is 0 Å². The third-order valence-corrected chi connectivity index (χ3v) is 0.765. The molecule has 0 aliphatic carbocycles. The normalized spacial score (nSPS) is 14.0. The van der Waals surface area contributed by atoms with Crippen molar-refractivity contribution in [3.63, 3.8) is 0 Å². The molecular weight excluding hydrogens is 90.9 g/mol. The van der Waals surface area contributed by atoms with Crippen LogP contribution in [-0.4, -0.2) is 19.4 Å². The van der Waals surface area contributed by atoms with Crippen molar-refractivity contribution in [3.05, 3.63) is 0 Å². The minimum atomic E-state index is -0.181. The van der Waals surface area contributed by atoms with Gasteiger partial charge in [0.25, 0.3) is 0 Å². The largest absolute Gasteiger partial charge is 0.351 e. The van der Waals surface area contributed by atoms with Crippen LogP contribution in [0.2, 0.25) is 0 Å². The highest BCUT2D eigenvalue weighted by Gasteiger charge is 1.94. The van der Waals surface area contributed by atoms with Crippen molar-refractivity contribution in [2.45, 2.75) is 19.5 Å². The molecule has 0 rings (SSSR count). The molecule has 0 aliphatic rings. The molecule has 0 amide bonds. The Morgan fingerprint density at radius 2 is 2.43 bits per heavy atom. The van der Waals surface area contributed by atoms with Gasteiger partial charge in [0.05, 0.1) is 6.17 Å². The Morgan fingerprint density at radius 1 is 1.86 bits per heavy atom. The van der Waals surface area contributed by atoms with Crippen LogP contribution in [0.15, 0.2) is 0 Å². The summed E-state index contributed by atoms with van der Waals surface area (Å²) < 4.78 is 0. The summed E-state index contributed by atoms with van der Waals surface area (Å²) in [5, 5.41) is 10.5. The Balaban J connectivity index is 2.99. The summed E-state index contributed by atoms with van der Waals surface area (Å²) >= 11 is 0. The third-order valence-electron chi connectivity index (χ3n) is 0.765. The van der Waals surface area contributed by atoms with Gasteiger partial charge < -0.3 is 10.4 Å². The van der Waals surface area contributed by atoms with Crippen molar-refractivity contribution in [1.82, 2.24) is 10.7 Å². The standard InChI is InChI=1S/C3H9BN2O/c1-2-3(5-4)6-7/h3,5-7H,2H2,1H3/t3-/m1/s1. The molecule has 3 nitrogen and oxygen atoms in total. The zero-order valence-electron chi connectivity index (χ0n) is 4.31. The van der Waals surface area contributed by atoms with E-state index >= 15 is 0 Å². The van der Waals surface area contributed by atoms with E-state index in [4.69, 9.17) is 13.2 Å². The Bertz CT molecular complexity index is 34.4. The molecule has 40 valence electrons. The molecule has 0 fully saturated rings. The van der Waals surface area contributed by atoms with E-state index < -0.39 is 0 Å². The minimum Gasteiger partial charge on any atom is -0.351 e. The van der Waals surface area contributed by atoms with Gasteiger partial charge >= 0.3 is 0 Å². The fourth-order valence-electron chi connectivity index (χ4n) is 0.246. The van der Waals surface area contributed by atoms with Gasteiger partial charge in [-0.2, -0.15) is 5.48 Å². The average Bonchev–Trinajstić information content (AvgIpc) is 1.72. The molecule has 0 unspecified atom stereocenters. The van der Waals surface area contributed by atoms with Crippen LogP contribution in [0.4, 0.5) is 0 Å². The quantitative estimate of drug-likeness (QED) is 0.251. The van der Waals surface area contributed by atoms with E-state index in [2.05, 4.69) is 5.23 Å². The lowest BCUT2D eigenvalue weighted by molar-refractivity contribution is 0.119. The number of hydrogen-bond acceptors (Lipinski definition) is 3. The SMILES string of the molecule is [B]N[C@@H](CC)NO. The van der Waals surface area contributed by atoms with Crippen molar-refractivity contribution >= 4 is 7.98 Å². The fourth-order valence-corrected chi connectivity index (χ4v) is 0.246. The third kappa shape index (κ3) is 2.62. The average molecular weight is 99.9 g/mol. The second-order valence-electron chi connectivity index (χ2n) is 1.26. The zero-order valence-corrected chi connectivity index (χ0v) is 4.31. The Morgan fingerprint density at radius 3 is 2.43 bits per heavy atom. The van der Waals surface area contributed by atoms with Gasteiger partial charge in [0.2, 0.25) is 0 Å². The zero-order chi connectivity index (χ0) is 5.70. The molecule has 0 bridgehead atoms. The van der Waals surface area contributed by atoms with Crippen molar-refractivity contribution in [3.8, 4) is 0 Å². The van der Waals surface area contributed by atoms with Crippen LogP contribution in [0.3, 0.4) is 0 Å². The van der Waals surface area contributed by atoms with Gasteiger partial charge in [0.1, 0.15) is 0 Å². The molecule has 0 aromatic heterocycles. The predicted molar refractivity (Wildman–Crippen MR) is 27.9 cm³/mol. The molecule has 0 aromatic rings. The van der Waals surface area contributed by atoms with E-state index in [9.17, 15) is 0 Å². The Kier molecular flexibility index (Phi) is 4.08. The molecule has 1 atom stereocenters. The Hall–Kier alpha value is -0.0551. The maximum absolute atomic E-state index is 8.13. The molecule has 0 aromatic carbocycles. The van der Waals surface area contributed by atoms with Gasteiger partial charge in [-0.3, -0.25) is 0 Å². The summed E-state index contributed by atoms with van der Waals surface area (Å²) in [7, 11) is 4.92. The van der Waals surface area contributed by atoms with Crippen molar-refractivity contribution in [2.24, 2.45) is 0 Å². The first-order chi connectivity index (χ1) is 3.35. The predicted octanol–water partition coefficient (Wildman–Crippen LogP) is -0.626. The summed E-state index contributed by atoms with van der Waals surface area (Å²) in [6, 6.07) is 0. The summed E-state index contributed by atoms with van der Waals surface area (Å²) in [6.07, 6.45) is 0.576. The molecule has 7 heavy (non-hydrogen) atoms. The molecule has 2 radical (unpaired) electrons. The summed E-state index contributed by atoms with van der Waals surface area (Å²) in [5.74, 6) is 0. The topological polar surface area (TPSA) is 44.3 Å². The maximum atomic E-state index is 8.13. The van der Waals surface area contributed by atoms with Crippen LogP contribution in [0.5, 0.6) is 0 Å². The first-order valence-electron chi connectivity index (χ1n) is 2.20. The van der Waals surface area contributed by atoms with Crippen molar-refractivity contribution < 1.29 is 5.21 Å². The van der Waals surface area contributed by atoms with Gasteiger partial charge in [-0.25, -0.2) is 0 Å². The van der Waals surface area contributed by atoms with E-state index in [-0.39, 0.29) is 6.17 Å². The minimum absolute atomic E-state index is 0.181. The van der Waals surface area contributed by atoms with E-state index in [0.29, 0.717) is 0 Å². The second-order valence-corrected chi connectivity index (χ2v) is 1.26. The lowest BCUT2D eigenvalue weighted by atomic mass is 10.3. The van der Waals surface area contributed by atoms with Crippen molar-refractivity contribution in [2.75, 3.05) is 0 Å². The highest BCUT2D eigenvalue weighted by Crippen LogP contribution is 1.78. The van der Waals surface area contributed by atoms with Crippen LogP contribution in [0.1, 0.15) is 13.3 Å². The van der Waals surface area contributed by atoms with Crippen molar-refractivity contribution in [1.29, 1.82) is 0 Å². The van der Waals surface area contributed by atoms with Gasteiger partial charge in [-0.15, -0.1) is 0 Å². The first-order valence-corrected chi connectivity index (χ1v) is 2.20. The monoisotopic (exact) mass is 100 g/mol. The van der Waals surface area contributed by atoms with E-state index in [0.717, 1.165) is 6.42 Å². The highest BCUT2D eigenvalue weighted by atomic mass is 16.5. The lowest BCUT2D eigenvalue weighted by Gasteiger charge is -2.09. The Labute approximate surface area is 44.5 Å². The molecule has 0 spiro atoms. The van der Waals surface area contributed by atoms with E-state index in [1.54, 1.807) is 0 Å². The van der Waals surface area contributed by atoms with Gasteiger partial charge in [-0.1, -0.05) is 6.92 Å². The van der Waals surface area contributed by atoms with E-state index in [1.165, 1.54) is 0 Å². The molecule has 0 heterocycles. The summed E-state index contributed by atoms with van der Waals surface area (Å²) in [5.41, 5.74) is 1.97. The molecular formula is C3H9BN2O. The highest BCUT2D eigenvalue weighted by molar-refractivity contribution is 6.04. The van der Waals surface area contributed by atoms with Gasteiger partial charge in [0.15, 0.2) is 7.98 Å². The number of hydroxylamine groups is 1. The maximum Gasteiger partial charge on any atom is 0.179 e. The molecule has 0 saturated carbocycles. The van der Waals surface area contributed by atoms with Crippen LogP contribution in [0.25, 0.3) is 0 Å². The van der Waals surface area contributed by atoms with Gasteiger partial charge in [-0.05, 0) is 6.42 Å². The molecule has 4 heteroatoms. The summed E-state index contributed by atoms with van der Waals surface area (Å²) in [4.78, 5) is 0.